The first-order valence-corrected chi connectivity index (χ1v) is 8.25. The van der Waals surface area contributed by atoms with Gasteiger partial charge in [-0.25, -0.2) is 4.68 Å². The molecule has 0 spiro atoms. The van der Waals surface area contributed by atoms with Crippen LogP contribution >= 0.6 is 11.6 Å². The SMILES string of the molecule is C[C@]1(N=O)C[C@@H](NC(=O)Cn2nc(Cl)c(-c3ccccc3)cc2=O)C1. The Labute approximate surface area is 149 Å². The molecule has 1 N–H and O–H groups in total. The second kappa shape index (κ2) is 6.76. The predicted octanol–water partition coefficient (Wildman–Crippen LogP) is 2.37. The number of hydrogen-bond acceptors (Lipinski definition) is 5. The maximum absolute atomic E-state index is 12.2. The van der Waals surface area contributed by atoms with Crippen molar-refractivity contribution >= 4 is 17.5 Å². The molecule has 25 heavy (non-hydrogen) atoms. The van der Waals surface area contributed by atoms with Crippen molar-refractivity contribution in [3.63, 3.8) is 0 Å². The van der Waals surface area contributed by atoms with Gasteiger partial charge in [0.1, 0.15) is 12.1 Å². The van der Waals surface area contributed by atoms with E-state index in [0.29, 0.717) is 18.4 Å². The van der Waals surface area contributed by atoms with Gasteiger partial charge in [-0.15, -0.1) is 0 Å². The topological polar surface area (TPSA) is 93.4 Å². The summed E-state index contributed by atoms with van der Waals surface area (Å²) in [6, 6.07) is 10.5. The molecule has 0 unspecified atom stereocenters. The van der Waals surface area contributed by atoms with Gasteiger partial charge in [0.2, 0.25) is 5.91 Å². The number of nitrogens with one attached hydrogen (secondary N) is 1. The monoisotopic (exact) mass is 360 g/mol. The molecule has 2 aromatic rings. The second-order valence-electron chi connectivity index (χ2n) is 6.47. The molecule has 1 aromatic heterocycles. The summed E-state index contributed by atoms with van der Waals surface area (Å²) in [7, 11) is 0. The zero-order chi connectivity index (χ0) is 18.0. The number of carbonyl (C=O) groups excluding carboxylic acids is 1. The zero-order valence-electron chi connectivity index (χ0n) is 13.6. The lowest BCUT2D eigenvalue weighted by atomic mass is 9.75. The average molecular weight is 361 g/mol. The van der Waals surface area contributed by atoms with Gasteiger partial charge in [-0.05, 0) is 25.3 Å². The van der Waals surface area contributed by atoms with Gasteiger partial charge in [0.05, 0.1) is 0 Å². The van der Waals surface area contributed by atoms with Crippen LogP contribution in [0.15, 0.2) is 46.4 Å². The van der Waals surface area contributed by atoms with E-state index in [0.717, 1.165) is 10.2 Å². The van der Waals surface area contributed by atoms with E-state index in [9.17, 15) is 14.5 Å². The minimum Gasteiger partial charge on any atom is -0.352 e. The molecule has 0 aliphatic heterocycles. The fraction of sp³-hybridized carbons (Fsp3) is 0.353. The molecule has 1 heterocycles. The molecule has 1 aliphatic carbocycles. The van der Waals surface area contributed by atoms with Crippen molar-refractivity contribution in [1.82, 2.24) is 15.1 Å². The Kier molecular flexibility index (Phi) is 4.67. The van der Waals surface area contributed by atoms with Gasteiger partial charge in [-0.1, -0.05) is 47.1 Å². The molecule has 0 saturated heterocycles. The van der Waals surface area contributed by atoms with Gasteiger partial charge in [0.25, 0.3) is 5.56 Å². The van der Waals surface area contributed by atoms with E-state index >= 15 is 0 Å². The first-order chi connectivity index (χ1) is 11.9. The van der Waals surface area contributed by atoms with Crippen molar-refractivity contribution in [2.75, 3.05) is 0 Å². The lowest BCUT2D eigenvalue weighted by Crippen LogP contribution is -2.53. The number of carbonyl (C=O) groups is 1. The Morgan fingerprint density at radius 1 is 1.40 bits per heavy atom. The molecular formula is C17H17ClN4O3. The Balaban J connectivity index is 1.69. The number of halogens is 1. The highest BCUT2D eigenvalue weighted by Crippen LogP contribution is 2.35. The van der Waals surface area contributed by atoms with Gasteiger partial charge in [-0.3, -0.25) is 9.59 Å². The lowest BCUT2D eigenvalue weighted by molar-refractivity contribution is -0.123. The number of rotatable bonds is 5. The summed E-state index contributed by atoms with van der Waals surface area (Å²) in [5.74, 6) is -0.351. The van der Waals surface area contributed by atoms with Crippen molar-refractivity contribution in [2.45, 2.75) is 37.9 Å². The molecular weight excluding hydrogens is 344 g/mol. The molecule has 1 amide bonds. The first-order valence-electron chi connectivity index (χ1n) is 7.87. The molecule has 1 aliphatic rings. The van der Waals surface area contributed by atoms with Crippen LogP contribution < -0.4 is 10.9 Å². The lowest BCUT2D eigenvalue weighted by Gasteiger charge is -2.39. The summed E-state index contributed by atoms with van der Waals surface area (Å²) in [5, 5.41) is 9.99. The normalized spacial score (nSPS) is 22.1. The van der Waals surface area contributed by atoms with E-state index < -0.39 is 11.1 Å². The second-order valence-corrected chi connectivity index (χ2v) is 6.83. The molecule has 3 rings (SSSR count). The zero-order valence-corrected chi connectivity index (χ0v) is 14.4. The van der Waals surface area contributed by atoms with Gasteiger partial charge in [0, 0.05) is 17.7 Å². The number of amides is 1. The van der Waals surface area contributed by atoms with E-state index in [2.05, 4.69) is 15.6 Å². The maximum Gasteiger partial charge on any atom is 0.267 e. The Morgan fingerprint density at radius 2 is 2.08 bits per heavy atom. The van der Waals surface area contributed by atoms with Gasteiger partial charge in [-0.2, -0.15) is 10.0 Å². The first kappa shape index (κ1) is 17.3. The van der Waals surface area contributed by atoms with Crippen molar-refractivity contribution in [2.24, 2.45) is 5.18 Å². The number of aromatic nitrogens is 2. The molecule has 0 radical (unpaired) electrons. The van der Waals surface area contributed by atoms with Crippen LogP contribution in [0.1, 0.15) is 19.8 Å². The van der Waals surface area contributed by atoms with Gasteiger partial charge >= 0.3 is 0 Å². The van der Waals surface area contributed by atoms with E-state index in [-0.39, 0.29) is 23.6 Å². The summed E-state index contributed by atoms with van der Waals surface area (Å²) >= 11 is 6.17. The van der Waals surface area contributed by atoms with Crippen LogP contribution in [0.4, 0.5) is 0 Å². The summed E-state index contributed by atoms with van der Waals surface area (Å²) in [6.45, 7) is 1.52. The smallest absolute Gasteiger partial charge is 0.267 e. The number of benzene rings is 1. The van der Waals surface area contributed by atoms with E-state index in [1.165, 1.54) is 6.07 Å². The van der Waals surface area contributed by atoms with Crippen LogP contribution in [-0.4, -0.2) is 27.3 Å². The van der Waals surface area contributed by atoms with Crippen LogP contribution in [0.3, 0.4) is 0 Å². The van der Waals surface area contributed by atoms with Crippen molar-refractivity contribution in [3.8, 4) is 11.1 Å². The molecule has 1 aromatic carbocycles. The average Bonchev–Trinajstić information content (AvgIpc) is 2.57. The maximum atomic E-state index is 12.2. The molecule has 1 fully saturated rings. The Morgan fingerprint density at radius 3 is 2.72 bits per heavy atom. The van der Waals surface area contributed by atoms with Gasteiger partial charge < -0.3 is 5.32 Å². The minimum absolute atomic E-state index is 0.107. The van der Waals surface area contributed by atoms with Crippen LogP contribution in [0, 0.1) is 4.91 Å². The standard InChI is InChI=1S/C17H17ClN4O3/c1-17(21-25)8-12(9-17)19-14(23)10-22-15(24)7-13(16(18)20-22)11-5-3-2-4-6-11/h2-7,12H,8-10H2,1H3,(H,19,23)/t12-,17+. The van der Waals surface area contributed by atoms with Crippen LogP contribution in [0.25, 0.3) is 11.1 Å². The summed E-state index contributed by atoms with van der Waals surface area (Å²) in [5.41, 5.74) is 0.291. The quantitative estimate of drug-likeness (QED) is 0.828. The van der Waals surface area contributed by atoms with E-state index in [4.69, 9.17) is 11.6 Å². The third kappa shape index (κ3) is 3.76. The number of hydrogen-bond donors (Lipinski definition) is 1. The summed E-state index contributed by atoms with van der Waals surface area (Å²) in [6.07, 6.45) is 0.997. The molecule has 0 atom stereocenters. The summed E-state index contributed by atoms with van der Waals surface area (Å²) < 4.78 is 1.03. The largest absolute Gasteiger partial charge is 0.352 e. The third-order valence-electron chi connectivity index (χ3n) is 4.29. The third-order valence-corrected chi connectivity index (χ3v) is 4.57. The van der Waals surface area contributed by atoms with Gasteiger partial charge in [0.15, 0.2) is 5.15 Å². The van der Waals surface area contributed by atoms with E-state index in [1.807, 2.05) is 30.3 Å². The Bertz CT molecular complexity index is 860. The van der Waals surface area contributed by atoms with Crippen LogP contribution in [-0.2, 0) is 11.3 Å². The van der Waals surface area contributed by atoms with Crippen LogP contribution in [0.5, 0.6) is 0 Å². The van der Waals surface area contributed by atoms with E-state index in [1.54, 1.807) is 6.92 Å². The molecule has 0 bridgehead atoms. The highest BCUT2D eigenvalue weighted by molar-refractivity contribution is 6.32. The molecule has 7 nitrogen and oxygen atoms in total. The number of nitrogens with zero attached hydrogens (tertiary/aromatic N) is 3. The highest BCUT2D eigenvalue weighted by atomic mass is 35.5. The van der Waals surface area contributed by atoms with Crippen LogP contribution in [0.2, 0.25) is 5.15 Å². The fourth-order valence-corrected chi connectivity index (χ4v) is 3.24. The van der Waals surface area contributed by atoms with Crippen molar-refractivity contribution < 1.29 is 4.79 Å². The minimum atomic E-state index is -0.603. The molecule has 8 heteroatoms. The molecule has 1 saturated carbocycles. The van der Waals surface area contributed by atoms with Crippen molar-refractivity contribution in [1.29, 1.82) is 0 Å². The fourth-order valence-electron chi connectivity index (χ4n) is 2.99. The highest BCUT2D eigenvalue weighted by Gasteiger charge is 2.42. The number of nitroso groups, excluding NO2 is 1. The molecule has 130 valence electrons. The van der Waals surface area contributed by atoms with Crippen molar-refractivity contribution in [3.05, 3.63) is 56.8 Å². The summed E-state index contributed by atoms with van der Waals surface area (Å²) in [4.78, 5) is 34.9. The Hall–Kier alpha value is -2.54. The predicted molar refractivity (Wildman–Crippen MR) is 94.3 cm³/mol.